The summed E-state index contributed by atoms with van der Waals surface area (Å²) in [6.07, 6.45) is 6.67. The number of aliphatic hydroxyl groups is 1. The van der Waals surface area contributed by atoms with Crippen LogP contribution in [-0.2, 0) is 18.2 Å². The van der Waals surface area contributed by atoms with Gasteiger partial charge in [-0.05, 0) is 49.5 Å². The third-order valence-corrected chi connectivity index (χ3v) is 5.96. The van der Waals surface area contributed by atoms with Crippen LogP contribution in [0.1, 0.15) is 50.0 Å². The van der Waals surface area contributed by atoms with Gasteiger partial charge in [-0.3, -0.25) is 4.68 Å². The van der Waals surface area contributed by atoms with Crippen molar-refractivity contribution in [2.24, 2.45) is 13.0 Å². The molecule has 2 aliphatic rings. The van der Waals surface area contributed by atoms with E-state index in [0.717, 1.165) is 50.0 Å². The van der Waals surface area contributed by atoms with Gasteiger partial charge in [0.25, 0.3) is 0 Å². The standard InChI is InChI=1S/C16H26N2O2S/c1-3-14-13(11-18(2)17-14)15(19)12-4-7-20-16(10-12)5-8-21-9-6-16/h11-12,15,19H,3-10H2,1-2H3. The van der Waals surface area contributed by atoms with E-state index in [2.05, 4.69) is 12.0 Å². The Morgan fingerprint density at radius 3 is 3.00 bits per heavy atom. The van der Waals surface area contributed by atoms with Crippen molar-refractivity contribution >= 4 is 11.8 Å². The van der Waals surface area contributed by atoms with E-state index in [9.17, 15) is 5.11 Å². The molecule has 0 aromatic carbocycles. The third-order valence-electron chi connectivity index (χ3n) is 4.97. The first-order valence-electron chi connectivity index (χ1n) is 8.06. The van der Waals surface area contributed by atoms with Crippen LogP contribution in [0.4, 0.5) is 0 Å². The maximum absolute atomic E-state index is 10.9. The summed E-state index contributed by atoms with van der Waals surface area (Å²) in [7, 11) is 1.93. The summed E-state index contributed by atoms with van der Waals surface area (Å²) in [6.45, 7) is 2.89. The number of aromatic nitrogens is 2. The molecule has 0 amide bonds. The molecular weight excluding hydrogens is 284 g/mol. The lowest BCUT2D eigenvalue weighted by Crippen LogP contribution is -2.44. The van der Waals surface area contributed by atoms with Gasteiger partial charge in [0.1, 0.15) is 0 Å². The first-order chi connectivity index (χ1) is 10.1. The fourth-order valence-corrected chi connectivity index (χ4v) is 4.99. The van der Waals surface area contributed by atoms with E-state index < -0.39 is 6.10 Å². The molecule has 3 heterocycles. The van der Waals surface area contributed by atoms with E-state index in [1.54, 1.807) is 0 Å². The number of thioether (sulfide) groups is 1. The van der Waals surface area contributed by atoms with Crippen LogP contribution in [0.25, 0.3) is 0 Å². The van der Waals surface area contributed by atoms with Gasteiger partial charge in [0.05, 0.1) is 17.4 Å². The maximum Gasteiger partial charge on any atom is 0.0853 e. The first-order valence-corrected chi connectivity index (χ1v) is 9.21. The Morgan fingerprint density at radius 2 is 2.29 bits per heavy atom. The fraction of sp³-hybridized carbons (Fsp3) is 0.812. The van der Waals surface area contributed by atoms with E-state index in [4.69, 9.17) is 4.74 Å². The van der Waals surface area contributed by atoms with Gasteiger partial charge in [-0.2, -0.15) is 16.9 Å². The van der Waals surface area contributed by atoms with Gasteiger partial charge in [-0.15, -0.1) is 0 Å². The summed E-state index contributed by atoms with van der Waals surface area (Å²) in [4.78, 5) is 0. The fourth-order valence-electron chi connectivity index (χ4n) is 3.76. The van der Waals surface area contributed by atoms with Crippen molar-refractivity contribution in [3.05, 3.63) is 17.5 Å². The average Bonchev–Trinajstić information content (AvgIpc) is 2.88. The molecule has 0 aliphatic carbocycles. The molecule has 0 saturated carbocycles. The predicted octanol–water partition coefficient (Wildman–Crippen LogP) is 2.71. The second kappa shape index (κ2) is 6.31. The Balaban J connectivity index is 1.76. The quantitative estimate of drug-likeness (QED) is 0.932. The van der Waals surface area contributed by atoms with Gasteiger partial charge >= 0.3 is 0 Å². The monoisotopic (exact) mass is 310 g/mol. The van der Waals surface area contributed by atoms with Crippen molar-refractivity contribution in [2.45, 2.75) is 50.7 Å². The molecule has 2 saturated heterocycles. The summed E-state index contributed by atoms with van der Waals surface area (Å²) < 4.78 is 7.96. The minimum Gasteiger partial charge on any atom is -0.388 e. The van der Waals surface area contributed by atoms with Gasteiger partial charge in [0, 0.05) is 25.4 Å². The SMILES string of the molecule is CCc1nn(C)cc1C(O)C1CCOC2(CCSCC2)C1. The van der Waals surface area contributed by atoms with E-state index >= 15 is 0 Å². The first kappa shape index (κ1) is 15.4. The van der Waals surface area contributed by atoms with Crippen LogP contribution in [0.2, 0.25) is 0 Å². The summed E-state index contributed by atoms with van der Waals surface area (Å²) >= 11 is 2.02. The molecular formula is C16H26N2O2S. The van der Waals surface area contributed by atoms with Gasteiger partial charge < -0.3 is 9.84 Å². The van der Waals surface area contributed by atoms with Crippen LogP contribution in [-0.4, -0.2) is 38.6 Å². The van der Waals surface area contributed by atoms with Crippen LogP contribution < -0.4 is 0 Å². The number of rotatable bonds is 3. The summed E-state index contributed by atoms with van der Waals surface area (Å²) in [5.74, 6) is 2.68. The summed E-state index contributed by atoms with van der Waals surface area (Å²) in [5.41, 5.74) is 2.08. The second-order valence-corrected chi connectivity index (χ2v) is 7.62. The van der Waals surface area contributed by atoms with Gasteiger partial charge in [0.15, 0.2) is 0 Å². The summed E-state index contributed by atoms with van der Waals surface area (Å²) in [6, 6.07) is 0. The molecule has 4 nitrogen and oxygen atoms in total. The molecule has 0 bridgehead atoms. The lowest BCUT2D eigenvalue weighted by Gasteiger charge is -2.44. The van der Waals surface area contributed by atoms with Crippen LogP contribution in [0.15, 0.2) is 6.20 Å². The van der Waals surface area contributed by atoms with Crippen molar-refractivity contribution in [1.29, 1.82) is 0 Å². The Bertz CT molecular complexity index is 477. The topological polar surface area (TPSA) is 47.3 Å². The number of aliphatic hydroxyl groups excluding tert-OH is 1. The highest BCUT2D eigenvalue weighted by molar-refractivity contribution is 7.99. The highest BCUT2D eigenvalue weighted by atomic mass is 32.2. The van der Waals surface area contributed by atoms with Crippen LogP contribution in [0.5, 0.6) is 0 Å². The molecule has 2 fully saturated rings. The van der Waals surface area contributed by atoms with Crippen molar-refractivity contribution in [3.8, 4) is 0 Å². The molecule has 0 radical (unpaired) electrons. The molecule has 118 valence electrons. The van der Waals surface area contributed by atoms with Crippen LogP contribution in [0, 0.1) is 5.92 Å². The molecule has 2 atom stereocenters. The van der Waals surface area contributed by atoms with E-state index in [0.29, 0.717) is 5.92 Å². The molecule has 1 N–H and O–H groups in total. The molecule has 1 aromatic heterocycles. The van der Waals surface area contributed by atoms with Crippen molar-refractivity contribution < 1.29 is 9.84 Å². The van der Waals surface area contributed by atoms with Crippen molar-refractivity contribution in [2.75, 3.05) is 18.1 Å². The largest absolute Gasteiger partial charge is 0.388 e. The third kappa shape index (κ3) is 3.15. The Hall–Kier alpha value is -0.520. The highest BCUT2D eigenvalue weighted by Crippen LogP contribution is 2.43. The number of ether oxygens (including phenoxy) is 1. The van der Waals surface area contributed by atoms with Gasteiger partial charge in [-0.1, -0.05) is 6.92 Å². The van der Waals surface area contributed by atoms with Crippen molar-refractivity contribution in [1.82, 2.24) is 9.78 Å². The van der Waals surface area contributed by atoms with Gasteiger partial charge in [-0.25, -0.2) is 0 Å². The molecule has 3 rings (SSSR count). The van der Waals surface area contributed by atoms with E-state index in [-0.39, 0.29) is 5.60 Å². The van der Waals surface area contributed by atoms with E-state index in [1.807, 2.05) is 29.7 Å². The van der Waals surface area contributed by atoms with Gasteiger partial charge in [0.2, 0.25) is 0 Å². The number of aryl methyl sites for hydroxylation is 2. The lowest BCUT2D eigenvalue weighted by molar-refractivity contribution is -0.121. The number of nitrogens with zero attached hydrogens (tertiary/aromatic N) is 2. The zero-order valence-corrected chi connectivity index (χ0v) is 13.9. The van der Waals surface area contributed by atoms with Crippen LogP contribution >= 0.6 is 11.8 Å². The van der Waals surface area contributed by atoms with Crippen molar-refractivity contribution in [3.63, 3.8) is 0 Å². The van der Waals surface area contributed by atoms with E-state index in [1.165, 1.54) is 11.5 Å². The number of hydrogen-bond donors (Lipinski definition) is 1. The molecule has 2 unspecified atom stereocenters. The smallest absolute Gasteiger partial charge is 0.0853 e. The Morgan fingerprint density at radius 1 is 1.52 bits per heavy atom. The lowest BCUT2D eigenvalue weighted by atomic mass is 9.78. The zero-order chi connectivity index (χ0) is 14.9. The molecule has 5 heteroatoms. The normalized spacial score (nSPS) is 26.9. The van der Waals surface area contributed by atoms with Crippen LogP contribution in [0.3, 0.4) is 0 Å². The number of hydrogen-bond acceptors (Lipinski definition) is 4. The minimum absolute atomic E-state index is 0.0315. The maximum atomic E-state index is 10.9. The second-order valence-electron chi connectivity index (χ2n) is 6.40. The average molecular weight is 310 g/mol. The molecule has 1 spiro atoms. The molecule has 21 heavy (non-hydrogen) atoms. The predicted molar refractivity (Wildman–Crippen MR) is 85.5 cm³/mol. The molecule has 1 aromatic rings. The molecule has 2 aliphatic heterocycles. The minimum atomic E-state index is -0.399. The highest BCUT2D eigenvalue weighted by Gasteiger charge is 2.41. The Labute approximate surface area is 131 Å². The zero-order valence-electron chi connectivity index (χ0n) is 13.0. The Kier molecular flexibility index (Phi) is 4.62. The summed E-state index contributed by atoms with van der Waals surface area (Å²) in [5, 5.41) is 15.3.